The van der Waals surface area contributed by atoms with Gasteiger partial charge in [-0.25, -0.2) is 0 Å². The van der Waals surface area contributed by atoms with Gasteiger partial charge in [0.25, 0.3) is 0 Å². The van der Waals surface area contributed by atoms with Crippen LogP contribution in [0.15, 0.2) is 30.3 Å². The van der Waals surface area contributed by atoms with E-state index in [-0.39, 0.29) is 11.8 Å². The molecule has 0 N–H and O–H groups in total. The van der Waals surface area contributed by atoms with Crippen LogP contribution in [0.2, 0.25) is 0 Å². The molecular formula is C17H24N2O2. The van der Waals surface area contributed by atoms with Crippen molar-refractivity contribution >= 4 is 11.8 Å². The summed E-state index contributed by atoms with van der Waals surface area (Å²) in [4.78, 5) is 28.3. The van der Waals surface area contributed by atoms with Crippen molar-refractivity contribution in [2.75, 3.05) is 27.2 Å². The predicted molar refractivity (Wildman–Crippen MR) is 82.8 cm³/mol. The number of amides is 2. The minimum Gasteiger partial charge on any atom is -0.348 e. The summed E-state index contributed by atoms with van der Waals surface area (Å²) in [6.45, 7) is 3.24. The maximum Gasteiger partial charge on any atom is 0.229 e. The quantitative estimate of drug-likeness (QED) is 0.853. The molecule has 0 saturated carbocycles. The van der Waals surface area contributed by atoms with Gasteiger partial charge in [0.1, 0.15) is 0 Å². The highest BCUT2D eigenvalue weighted by atomic mass is 16.2. The Hall–Kier alpha value is -1.84. The molecule has 1 saturated heterocycles. The van der Waals surface area contributed by atoms with Crippen molar-refractivity contribution in [3.8, 4) is 0 Å². The van der Waals surface area contributed by atoms with Crippen molar-refractivity contribution in [3.63, 3.8) is 0 Å². The van der Waals surface area contributed by atoms with Gasteiger partial charge in [0.2, 0.25) is 11.8 Å². The molecule has 114 valence electrons. The van der Waals surface area contributed by atoms with Gasteiger partial charge in [-0.05, 0) is 25.3 Å². The van der Waals surface area contributed by atoms with Crippen LogP contribution in [0.1, 0.15) is 25.3 Å². The van der Waals surface area contributed by atoms with Crippen LogP contribution in [0.4, 0.5) is 0 Å². The lowest BCUT2D eigenvalue weighted by molar-refractivity contribution is -0.145. The average molecular weight is 288 g/mol. The molecule has 1 aliphatic rings. The number of nitrogens with zero attached hydrogens (tertiary/aromatic N) is 2. The van der Waals surface area contributed by atoms with E-state index in [9.17, 15) is 9.59 Å². The molecule has 2 rings (SSSR count). The lowest BCUT2D eigenvalue weighted by atomic mass is 9.80. The van der Waals surface area contributed by atoms with Crippen molar-refractivity contribution < 1.29 is 9.59 Å². The van der Waals surface area contributed by atoms with Crippen LogP contribution in [0.3, 0.4) is 0 Å². The fourth-order valence-electron chi connectivity index (χ4n) is 3.05. The minimum atomic E-state index is -0.450. The highest BCUT2D eigenvalue weighted by Crippen LogP contribution is 2.31. The summed E-state index contributed by atoms with van der Waals surface area (Å²) < 4.78 is 0. The Morgan fingerprint density at radius 2 is 1.90 bits per heavy atom. The molecule has 1 aliphatic heterocycles. The number of carbonyl (C=O) groups excluding carboxylic acids is 2. The molecule has 4 heteroatoms. The van der Waals surface area contributed by atoms with Crippen molar-refractivity contribution in [3.05, 3.63) is 35.9 Å². The molecule has 0 bridgehead atoms. The first-order valence-electron chi connectivity index (χ1n) is 7.46. The van der Waals surface area contributed by atoms with Crippen LogP contribution in [0, 0.1) is 5.41 Å². The number of benzene rings is 1. The summed E-state index contributed by atoms with van der Waals surface area (Å²) in [5, 5.41) is 0. The minimum absolute atomic E-state index is 0.110. The first kappa shape index (κ1) is 15.5. The molecule has 0 aliphatic carbocycles. The van der Waals surface area contributed by atoms with Gasteiger partial charge in [0, 0.05) is 27.2 Å². The second-order valence-electron chi connectivity index (χ2n) is 6.34. The lowest BCUT2D eigenvalue weighted by Gasteiger charge is -2.40. The first-order valence-corrected chi connectivity index (χ1v) is 7.46. The van der Waals surface area contributed by atoms with E-state index >= 15 is 0 Å². The van der Waals surface area contributed by atoms with Crippen molar-refractivity contribution in [1.82, 2.24) is 9.80 Å². The van der Waals surface area contributed by atoms with Crippen molar-refractivity contribution in [1.29, 1.82) is 0 Å². The molecule has 1 fully saturated rings. The van der Waals surface area contributed by atoms with E-state index in [0.717, 1.165) is 24.9 Å². The summed E-state index contributed by atoms with van der Waals surface area (Å²) in [5.41, 5.74) is 0.572. The zero-order valence-electron chi connectivity index (χ0n) is 13.1. The van der Waals surface area contributed by atoms with Crippen LogP contribution in [0.5, 0.6) is 0 Å². The van der Waals surface area contributed by atoms with Crippen LogP contribution < -0.4 is 0 Å². The summed E-state index contributed by atoms with van der Waals surface area (Å²) in [6.07, 6.45) is 2.14. The zero-order chi connectivity index (χ0) is 15.5. The Kier molecular flexibility index (Phi) is 4.66. The van der Waals surface area contributed by atoms with Crippen LogP contribution in [-0.2, 0) is 16.0 Å². The second-order valence-corrected chi connectivity index (χ2v) is 6.34. The van der Waals surface area contributed by atoms with Gasteiger partial charge < -0.3 is 9.80 Å². The molecule has 21 heavy (non-hydrogen) atoms. The van der Waals surface area contributed by atoms with Crippen molar-refractivity contribution in [2.24, 2.45) is 5.41 Å². The molecule has 0 spiro atoms. The molecule has 1 atom stereocenters. The van der Waals surface area contributed by atoms with E-state index in [2.05, 4.69) is 0 Å². The van der Waals surface area contributed by atoms with E-state index in [0.29, 0.717) is 13.0 Å². The van der Waals surface area contributed by atoms with Gasteiger partial charge in [0.05, 0.1) is 11.8 Å². The predicted octanol–water partition coefficient (Wildman–Crippen LogP) is 1.95. The zero-order valence-corrected chi connectivity index (χ0v) is 13.1. The molecule has 1 aromatic carbocycles. The Morgan fingerprint density at radius 1 is 1.24 bits per heavy atom. The molecule has 0 aromatic heterocycles. The largest absolute Gasteiger partial charge is 0.348 e. The molecule has 1 aromatic rings. The number of carbonyl (C=O) groups is 2. The van der Waals surface area contributed by atoms with E-state index in [4.69, 9.17) is 0 Å². The average Bonchev–Trinajstić information content (AvgIpc) is 2.47. The lowest BCUT2D eigenvalue weighted by Crippen LogP contribution is -2.51. The topological polar surface area (TPSA) is 40.6 Å². The van der Waals surface area contributed by atoms with Crippen LogP contribution >= 0.6 is 0 Å². The standard InChI is InChI=1S/C17H24N2O2/c1-17(16(21)18(2)3)10-7-11-19(13-17)15(20)12-14-8-5-4-6-9-14/h4-6,8-9H,7,10-13H2,1-3H3/t17-/m0/s1. The fraction of sp³-hybridized carbons (Fsp3) is 0.529. The Balaban J connectivity index is 2.04. The number of piperidine rings is 1. The first-order chi connectivity index (χ1) is 9.92. The van der Waals surface area contributed by atoms with Gasteiger partial charge >= 0.3 is 0 Å². The smallest absolute Gasteiger partial charge is 0.229 e. The highest BCUT2D eigenvalue weighted by Gasteiger charge is 2.39. The van der Waals surface area contributed by atoms with Gasteiger partial charge in [0.15, 0.2) is 0 Å². The summed E-state index contributed by atoms with van der Waals surface area (Å²) in [6, 6.07) is 9.76. The van der Waals surface area contributed by atoms with E-state index < -0.39 is 5.41 Å². The van der Waals surface area contributed by atoms with E-state index in [1.807, 2.05) is 42.2 Å². The molecule has 0 unspecified atom stereocenters. The Labute approximate surface area is 126 Å². The number of hydrogen-bond donors (Lipinski definition) is 0. The van der Waals surface area contributed by atoms with Crippen LogP contribution in [0.25, 0.3) is 0 Å². The molecule has 0 radical (unpaired) electrons. The Morgan fingerprint density at radius 3 is 2.52 bits per heavy atom. The summed E-state index contributed by atoms with van der Waals surface area (Å²) in [7, 11) is 3.55. The van der Waals surface area contributed by atoms with Crippen LogP contribution in [-0.4, -0.2) is 48.8 Å². The maximum absolute atomic E-state index is 12.4. The summed E-state index contributed by atoms with van der Waals surface area (Å²) >= 11 is 0. The third-order valence-corrected chi connectivity index (χ3v) is 4.17. The molecular weight excluding hydrogens is 264 g/mol. The van der Waals surface area contributed by atoms with Crippen molar-refractivity contribution in [2.45, 2.75) is 26.2 Å². The SMILES string of the molecule is CN(C)C(=O)[C@@]1(C)CCCN(C(=O)Cc2ccccc2)C1. The van der Waals surface area contributed by atoms with Gasteiger partial charge in [-0.3, -0.25) is 9.59 Å². The monoisotopic (exact) mass is 288 g/mol. The summed E-state index contributed by atoms with van der Waals surface area (Å²) in [5.74, 6) is 0.221. The molecule has 2 amide bonds. The van der Waals surface area contributed by atoms with Gasteiger partial charge in [-0.1, -0.05) is 30.3 Å². The van der Waals surface area contributed by atoms with E-state index in [1.54, 1.807) is 19.0 Å². The third kappa shape index (κ3) is 3.63. The fourth-order valence-corrected chi connectivity index (χ4v) is 3.05. The van der Waals surface area contributed by atoms with Gasteiger partial charge in [-0.2, -0.15) is 0 Å². The number of likely N-dealkylation sites (tertiary alicyclic amines) is 1. The Bertz CT molecular complexity index is 513. The number of rotatable bonds is 3. The third-order valence-electron chi connectivity index (χ3n) is 4.17. The van der Waals surface area contributed by atoms with Gasteiger partial charge in [-0.15, -0.1) is 0 Å². The normalized spacial score (nSPS) is 22.0. The number of hydrogen-bond acceptors (Lipinski definition) is 2. The molecule has 4 nitrogen and oxygen atoms in total. The maximum atomic E-state index is 12.4. The highest BCUT2D eigenvalue weighted by molar-refractivity contribution is 5.84. The van der Waals surface area contributed by atoms with E-state index in [1.165, 1.54) is 0 Å². The second kappa shape index (κ2) is 6.29. The molecule has 1 heterocycles.